The van der Waals surface area contributed by atoms with Crippen LogP contribution in [0.3, 0.4) is 0 Å². The minimum absolute atomic E-state index is 0. The van der Waals surface area contributed by atoms with E-state index in [1.54, 1.807) is 11.0 Å². The number of rotatable bonds is 4. The summed E-state index contributed by atoms with van der Waals surface area (Å²) in [7, 11) is 0. The molecule has 4 rings (SSSR count). The summed E-state index contributed by atoms with van der Waals surface area (Å²) in [5, 5.41) is 7.27. The Hall–Kier alpha value is -2.95. The number of piperazine rings is 1. The van der Waals surface area contributed by atoms with E-state index in [1.807, 2.05) is 0 Å². The number of halogens is 3. The minimum Gasteiger partial charge on any atom is -0.336 e. The molecule has 11 heteroatoms. The van der Waals surface area contributed by atoms with Crippen LogP contribution in [0.25, 0.3) is 10.6 Å². The fourth-order valence-corrected chi connectivity index (χ4v) is 3.95. The van der Waals surface area contributed by atoms with Crippen molar-refractivity contribution in [2.45, 2.75) is 0 Å². The van der Waals surface area contributed by atoms with Gasteiger partial charge in [0.05, 0.1) is 23.0 Å². The van der Waals surface area contributed by atoms with E-state index in [-0.39, 0.29) is 40.3 Å². The highest BCUT2D eigenvalue weighted by atomic mass is 35.5. The number of thiazole rings is 1. The number of anilines is 1. The van der Waals surface area contributed by atoms with E-state index in [0.29, 0.717) is 31.7 Å². The summed E-state index contributed by atoms with van der Waals surface area (Å²) in [6.07, 6.45) is 2.87. The summed E-state index contributed by atoms with van der Waals surface area (Å²) in [4.78, 5) is 35.2. The first-order chi connectivity index (χ1) is 14.5. The molecular formula is C20H18ClF2N5O2S. The van der Waals surface area contributed by atoms with Crippen LogP contribution >= 0.6 is 23.7 Å². The second-order valence-corrected chi connectivity index (χ2v) is 7.41. The molecule has 2 amide bonds. The van der Waals surface area contributed by atoms with Crippen molar-refractivity contribution in [2.24, 2.45) is 0 Å². The molecule has 1 aliphatic rings. The van der Waals surface area contributed by atoms with Gasteiger partial charge in [0.1, 0.15) is 22.3 Å². The first-order valence-corrected chi connectivity index (χ1v) is 10.1. The maximum absolute atomic E-state index is 14.0. The molecular weight excluding hydrogens is 448 g/mol. The van der Waals surface area contributed by atoms with Crippen LogP contribution in [0.4, 0.5) is 14.5 Å². The molecule has 0 radical (unpaired) electrons. The molecule has 1 fully saturated rings. The molecule has 0 saturated carbocycles. The lowest BCUT2D eigenvalue weighted by atomic mass is 10.1. The van der Waals surface area contributed by atoms with Crippen molar-refractivity contribution in [3.05, 3.63) is 64.9 Å². The zero-order chi connectivity index (χ0) is 21.1. The van der Waals surface area contributed by atoms with Crippen molar-refractivity contribution in [2.75, 3.05) is 31.5 Å². The first-order valence-electron chi connectivity index (χ1n) is 9.20. The third-order valence-electron chi connectivity index (χ3n) is 4.62. The van der Waals surface area contributed by atoms with E-state index in [2.05, 4.69) is 20.6 Å². The lowest BCUT2D eigenvalue weighted by molar-refractivity contribution is 0.0736. The van der Waals surface area contributed by atoms with Gasteiger partial charge in [-0.15, -0.1) is 23.7 Å². The monoisotopic (exact) mass is 465 g/mol. The topological polar surface area (TPSA) is 87.2 Å². The van der Waals surface area contributed by atoms with E-state index in [0.717, 1.165) is 23.5 Å². The van der Waals surface area contributed by atoms with Crippen molar-refractivity contribution < 1.29 is 18.4 Å². The zero-order valence-electron chi connectivity index (χ0n) is 16.1. The Morgan fingerprint density at radius 3 is 2.55 bits per heavy atom. The van der Waals surface area contributed by atoms with E-state index in [9.17, 15) is 18.4 Å². The summed E-state index contributed by atoms with van der Waals surface area (Å²) < 4.78 is 28.0. The molecule has 3 aromatic rings. The first kappa shape index (κ1) is 22.7. The number of amides is 2. The quantitative estimate of drug-likeness (QED) is 0.618. The summed E-state index contributed by atoms with van der Waals surface area (Å²) in [6.45, 7) is 2.54. The molecule has 0 atom stereocenters. The summed E-state index contributed by atoms with van der Waals surface area (Å²) in [5.74, 6) is -2.32. The zero-order valence-corrected chi connectivity index (χ0v) is 17.7. The minimum atomic E-state index is -0.757. The van der Waals surface area contributed by atoms with E-state index in [1.165, 1.54) is 23.8 Å². The molecule has 0 bridgehead atoms. The van der Waals surface area contributed by atoms with Gasteiger partial charge in [-0.3, -0.25) is 14.6 Å². The van der Waals surface area contributed by atoms with Crippen LogP contribution in [0.5, 0.6) is 0 Å². The van der Waals surface area contributed by atoms with Gasteiger partial charge < -0.3 is 15.5 Å². The van der Waals surface area contributed by atoms with Crippen molar-refractivity contribution >= 4 is 41.2 Å². The summed E-state index contributed by atoms with van der Waals surface area (Å²) in [5.41, 5.74) is 0.271. The molecule has 1 aromatic carbocycles. The highest BCUT2D eigenvalue weighted by Crippen LogP contribution is 2.29. The van der Waals surface area contributed by atoms with Gasteiger partial charge in [-0.25, -0.2) is 13.8 Å². The van der Waals surface area contributed by atoms with Crippen LogP contribution in [0, 0.1) is 11.6 Å². The lowest BCUT2D eigenvalue weighted by Gasteiger charge is -2.28. The van der Waals surface area contributed by atoms with E-state index < -0.39 is 17.5 Å². The Kier molecular flexibility index (Phi) is 7.26. The number of carbonyl (C=O) groups excluding carboxylic acids is 2. The average Bonchev–Trinajstić information content (AvgIpc) is 3.24. The molecule has 0 spiro atoms. The number of nitrogens with zero attached hydrogens (tertiary/aromatic N) is 3. The van der Waals surface area contributed by atoms with Gasteiger partial charge in [-0.1, -0.05) is 6.07 Å². The maximum Gasteiger partial charge on any atom is 0.275 e. The van der Waals surface area contributed by atoms with Gasteiger partial charge in [0.15, 0.2) is 0 Å². The van der Waals surface area contributed by atoms with E-state index >= 15 is 0 Å². The van der Waals surface area contributed by atoms with Crippen molar-refractivity contribution in [1.29, 1.82) is 0 Å². The molecule has 1 aliphatic heterocycles. The molecule has 7 nitrogen and oxygen atoms in total. The SMILES string of the molecule is Cl.O=C(Nc1cnccc1C(=O)N1CCNCC1)c1csc(-c2c(F)cccc2F)n1. The largest absolute Gasteiger partial charge is 0.336 e. The Balaban J connectivity index is 0.00000272. The average molecular weight is 466 g/mol. The van der Waals surface area contributed by atoms with Gasteiger partial charge in [0, 0.05) is 37.8 Å². The number of benzene rings is 1. The number of pyridine rings is 1. The number of hydrogen-bond acceptors (Lipinski definition) is 6. The van der Waals surface area contributed by atoms with Crippen LogP contribution < -0.4 is 10.6 Å². The fraction of sp³-hybridized carbons (Fsp3) is 0.200. The van der Waals surface area contributed by atoms with E-state index in [4.69, 9.17) is 0 Å². The van der Waals surface area contributed by atoms with Crippen LogP contribution in [0.1, 0.15) is 20.8 Å². The number of carbonyl (C=O) groups is 2. The molecule has 2 aromatic heterocycles. The highest BCUT2D eigenvalue weighted by molar-refractivity contribution is 7.13. The molecule has 1 saturated heterocycles. The van der Waals surface area contributed by atoms with Gasteiger partial charge in [0.25, 0.3) is 11.8 Å². The number of aromatic nitrogens is 2. The molecule has 162 valence electrons. The van der Waals surface area contributed by atoms with Gasteiger partial charge >= 0.3 is 0 Å². The molecule has 31 heavy (non-hydrogen) atoms. The number of hydrogen-bond donors (Lipinski definition) is 2. The molecule has 0 unspecified atom stereocenters. The predicted octanol–water partition coefficient (Wildman–Crippen LogP) is 3.20. The van der Waals surface area contributed by atoms with Crippen molar-refractivity contribution in [3.63, 3.8) is 0 Å². The van der Waals surface area contributed by atoms with Crippen LogP contribution in [-0.2, 0) is 0 Å². The molecule has 0 aliphatic carbocycles. The standard InChI is InChI=1S/C20H17F2N5O2S.ClH/c21-13-2-1-3-14(22)17(13)19-26-16(11-30-19)18(28)25-15-10-24-5-4-12(15)20(29)27-8-6-23-7-9-27;/h1-5,10-11,23H,6-9H2,(H,25,28);1H. The van der Waals surface area contributed by atoms with Crippen molar-refractivity contribution in [1.82, 2.24) is 20.2 Å². The molecule has 2 N–H and O–H groups in total. The Labute approximate surface area is 186 Å². The molecule has 3 heterocycles. The Morgan fingerprint density at radius 1 is 1.13 bits per heavy atom. The van der Waals surface area contributed by atoms with Gasteiger partial charge in [0.2, 0.25) is 0 Å². The van der Waals surface area contributed by atoms with Gasteiger partial charge in [-0.2, -0.15) is 0 Å². The maximum atomic E-state index is 14.0. The predicted molar refractivity (Wildman–Crippen MR) is 116 cm³/mol. The third-order valence-corrected chi connectivity index (χ3v) is 5.48. The van der Waals surface area contributed by atoms with Crippen LogP contribution in [0.2, 0.25) is 0 Å². The summed E-state index contributed by atoms with van der Waals surface area (Å²) >= 11 is 0.953. The lowest BCUT2D eigenvalue weighted by Crippen LogP contribution is -2.46. The number of nitrogens with one attached hydrogen (secondary N) is 2. The normalized spacial score (nSPS) is 13.4. The second-order valence-electron chi connectivity index (χ2n) is 6.55. The van der Waals surface area contributed by atoms with Crippen LogP contribution in [-0.4, -0.2) is 52.9 Å². The third kappa shape index (κ3) is 4.87. The smallest absolute Gasteiger partial charge is 0.275 e. The van der Waals surface area contributed by atoms with Crippen LogP contribution in [0.15, 0.2) is 42.0 Å². The van der Waals surface area contributed by atoms with Gasteiger partial charge in [-0.05, 0) is 18.2 Å². The fourth-order valence-electron chi connectivity index (χ4n) is 3.10. The van der Waals surface area contributed by atoms with Crippen molar-refractivity contribution in [3.8, 4) is 10.6 Å². The summed E-state index contributed by atoms with van der Waals surface area (Å²) in [6, 6.07) is 5.06. The second kappa shape index (κ2) is 9.90. The Morgan fingerprint density at radius 2 is 1.84 bits per heavy atom. The Bertz CT molecular complexity index is 1080. The highest BCUT2D eigenvalue weighted by Gasteiger charge is 2.23.